The smallest absolute Gasteiger partial charge is 0.192 e. The Morgan fingerprint density at radius 1 is 1.24 bits per heavy atom. The lowest BCUT2D eigenvalue weighted by atomic mass is 10.1. The fourth-order valence-corrected chi connectivity index (χ4v) is 1.96. The lowest BCUT2D eigenvalue weighted by molar-refractivity contribution is 0.509. The summed E-state index contributed by atoms with van der Waals surface area (Å²) in [5.74, 6) is -1.91. The molecule has 0 aliphatic rings. The molecule has 17 heavy (non-hydrogen) atoms. The molecule has 0 aliphatic heterocycles. The average Bonchev–Trinajstić information content (AvgIpc) is 2.29. The van der Waals surface area contributed by atoms with Gasteiger partial charge in [0.25, 0.3) is 0 Å². The molecule has 0 saturated heterocycles. The van der Waals surface area contributed by atoms with Crippen molar-refractivity contribution < 1.29 is 8.78 Å². The van der Waals surface area contributed by atoms with Crippen LogP contribution in [0.2, 0.25) is 0 Å². The molecule has 4 heteroatoms. The van der Waals surface area contributed by atoms with E-state index in [1.807, 2.05) is 6.92 Å². The number of nitrogens with zero attached hydrogens (tertiary/aromatic N) is 1. The first-order valence-electron chi connectivity index (χ1n) is 5.53. The van der Waals surface area contributed by atoms with Crippen molar-refractivity contribution in [3.63, 3.8) is 0 Å². The molecule has 2 aromatic rings. The van der Waals surface area contributed by atoms with Crippen molar-refractivity contribution in [3.8, 4) is 0 Å². The van der Waals surface area contributed by atoms with Crippen LogP contribution >= 0.6 is 0 Å². The van der Waals surface area contributed by atoms with Crippen LogP contribution in [0.4, 0.5) is 8.78 Å². The number of fused-ring (bicyclic) bond motifs is 1. The van der Waals surface area contributed by atoms with Gasteiger partial charge >= 0.3 is 0 Å². The number of benzene rings is 1. The van der Waals surface area contributed by atoms with Crippen LogP contribution in [0.25, 0.3) is 10.9 Å². The largest absolute Gasteiger partial charge is 0.347 e. The van der Waals surface area contributed by atoms with Crippen LogP contribution in [0.1, 0.15) is 18.9 Å². The van der Waals surface area contributed by atoms with Gasteiger partial charge in [0.15, 0.2) is 17.1 Å². The zero-order valence-corrected chi connectivity index (χ0v) is 9.76. The second-order valence-electron chi connectivity index (χ2n) is 4.12. The second-order valence-corrected chi connectivity index (χ2v) is 4.12. The lowest BCUT2D eigenvalue weighted by Crippen LogP contribution is -2.13. The Kier molecular flexibility index (Phi) is 2.96. The third-order valence-electron chi connectivity index (χ3n) is 2.76. The summed E-state index contributed by atoms with van der Waals surface area (Å²) in [5.41, 5.74) is 0.740. The molecule has 0 fully saturated rings. The fourth-order valence-electron chi connectivity index (χ4n) is 1.96. The minimum Gasteiger partial charge on any atom is -0.347 e. The van der Waals surface area contributed by atoms with Gasteiger partial charge in [-0.25, -0.2) is 8.78 Å². The van der Waals surface area contributed by atoms with Gasteiger partial charge in [0.2, 0.25) is 0 Å². The van der Waals surface area contributed by atoms with E-state index in [1.54, 1.807) is 17.7 Å². The molecule has 0 radical (unpaired) electrons. The van der Waals surface area contributed by atoms with Gasteiger partial charge in [0.05, 0.1) is 5.52 Å². The molecule has 0 amide bonds. The Bertz CT molecular complexity index is 631. The van der Waals surface area contributed by atoms with Crippen molar-refractivity contribution in [3.05, 3.63) is 45.8 Å². The molecule has 0 unspecified atom stereocenters. The van der Waals surface area contributed by atoms with Crippen molar-refractivity contribution in [2.75, 3.05) is 0 Å². The minimum absolute atomic E-state index is 0.234. The molecule has 1 aromatic heterocycles. The van der Waals surface area contributed by atoms with Crippen LogP contribution in [0.3, 0.4) is 0 Å². The van der Waals surface area contributed by atoms with Gasteiger partial charge in [-0.1, -0.05) is 6.92 Å². The molecule has 0 spiro atoms. The van der Waals surface area contributed by atoms with Crippen molar-refractivity contribution >= 4 is 10.9 Å². The highest BCUT2D eigenvalue weighted by Crippen LogP contribution is 2.17. The Labute approximate surface area is 97.5 Å². The maximum absolute atomic E-state index is 13.2. The molecule has 90 valence electrons. The van der Waals surface area contributed by atoms with Gasteiger partial charge in [-0.15, -0.1) is 0 Å². The highest BCUT2D eigenvalue weighted by Gasteiger charge is 2.10. The molecular weight excluding hydrogens is 224 g/mol. The minimum atomic E-state index is -0.983. The number of aryl methyl sites for hydroxylation is 2. The van der Waals surface area contributed by atoms with Crippen molar-refractivity contribution in [1.82, 2.24) is 4.57 Å². The molecule has 1 heterocycles. The Balaban J connectivity index is 2.88. The van der Waals surface area contributed by atoms with E-state index in [0.29, 0.717) is 17.6 Å². The topological polar surface area (TPSA) is 22.0 Å². The highest BCUT2D eigenvalue weighted by atomic mass is 19.2. The number of pyridine rings is 1. The van der Waals surface area contributed by atoms with E-state index < -0.39 is 11.6 Å². The van der Waals surface area contributed by atoms with E-state index in [-0.39, 0.29) is 10.8 Å². The van der Waals surface area contributed by atoms with Gasteiger partial charge < -0.3 is 4.57 Å². The SMILES string of the molecule is CCCn1cc(C)c(=O)c2cc(F)c(F)cc21. The molecule has 2 rings (SSSR count). The van der Waals surface area contributed by atoms with E-state index in [9.17, 15) is 13.6 Å². The Hall–Kier alpha value is -1.71. The quantitative estimate of drug-likeness (QED) is 0.787. The Morgan fingerprint density at radius 3 is 2.53 bits per heavy atom. The summed E-state index contributed by atoms with van der Waals surface area (Å²) >= 11 is 0. The number of hydrogen-bond acceptors (Lipinski definition) is 1. The van der Waals surface area contributed by atoms with Gasteiger partial charge in [-0.2, -0.15) is 0 Å². The van der Waals surface area contributed by atoms with Crippen LogP contribution in [-0.4, -0.2) is 4.57 Å². The van der Waals surface area contributed by atoms with Crippen LogP contribution < -0.4 is 5.43 Å². The van der Waals surface area contributed by atoms with Gasteiger partial charge in [-0.05, 0) is 19.4 Å². The van der Waals surface area contributed by atoms with Gasteiger partial charge in [0, 0.05) is 29.8 Å². The second kappa shape index (κ2) is 4.28. The zero-order chi connectivity index (χ0) is 12.6. The third kappa shape index (κ3) is 1.95. The molecule has 0 atom stereocenters. The summed E-state index contributed by atoms with van der Waals surface area (Å²) in [7, 11) is 0. The van der Waals surface area contributed by atoms with Crippen molar-refractivity contribution in [2.24, 2.45) is 0 Å². The summed E-state index contributed by atoms with van der Waals surface area (Å²) < 4.78 is 28.2. The van der Waals surface area contributed by atoms with E-state index in [1.165, 1.54) is 0 Å². The number of hydrogen-bond donors (Lipinski definition) is 0. The maximum Gasteiger partial charge on any atom is 0.192 e. The normalized spacial score (nSPS) is 11.1. The third-order valence-corrected chi connectivity index (χ3v) is 2.76. The summed E-state index contributed by atoms with van der Waals surface area (Å²) in [5, 5.41) is 0.234. The maximum atomic E-state index is 13.2. The van der Waals surface area contributed by atoms with E-state index >= 15 is 0 Å². The monoisotopic (exact) mass is 237 g/mol. The first-order chi connectivity index (χ1) is 8.04. The molecule has 1 aromatic carbocycles. The Morgan fingerprint density at radius 2 is 1.88 bits per heavy atom. The number of aromatic nitrogens is 1. The summed E-state index contributed by atoms with van der Waals surface area (Å²) in [6.07, 6.45) is 2.54. The fraction of sp³-hybridized carbons (Fsp3) is 0.308. The first-order valence-corrected chi connectivity index (χ1v) is 5.53. The first kappa shape index (κ1) is 11.8. The van der Waals surface area contributed by atoms with Crippen LogP contribution in [-0.2, 0) is 6.54 Å². The van der Waals surface area contributed by atoms with Crippen molar-refractivity contribution in [2.45, 2.75) is 26.8 Å². The molecular formula is C13H13F2NO. The van der Waals surface area contributed by atoms with E-state index in [0.717, 1.165) is 18.6 Å². The average molecular weight is 237 g/mol. The molecule has 0 bridgehead atoms. The van der Waals surface area contributed by atoms with Crippen LogP contribution in [0.15, 0.2) is 23.1 Å². The molecule has 0 saturated carbocycles. The van der Waals surface area contributed by atoms with Gasteiger partial charge in [-0.3, -0.25) is 4.79 Å². The predicted octanol–water partition coefficient (Wildman–Crippen LogP) is 3.00. The lowest BCUT2D eigenvalue weighted by Gasteiger charge is -2.11. The predicted molar refractivity (Wildman–Crippen MR) is 63.2 cm³/mol. The van der Waals surface area contributed by atoms with Crippen LogP contribution in [0, 0.1) is 18.6 Å². The van der Waals surface area contributed by atoms with E-state index in [4.69, 9.17) is 0 Å². The summed E-state index contributed by atoms with van der Waals surface area (Å²) in [4.78, 5) is 11.8. The zero-order valence-electron chi connectivity index (χ0n) is 9.76. The molecule has 2 nitrogen and oxygen atoms in total. The summed E-state index contributed by atoms with van der Waals surface area (Å²) in [6, 6.07) is 2.06. The molecule has 0 aliphatic carbocycles. The summed E-state index contributed by atoms with van der Waals surface area (Å²) in [6.45, 7) is 4.33. The van der Waals surface area contributed by atoms with Crippen LogP contribution in [0.5, 0.6) is 0 Å². The molecule has 0 N–H and O–H groups in total. The van der Waals surface area contributed by atoms with Crippen molar-refractivity contribution in [1.29, 1.82) is 0 Å². The van der Waals surface area contributed by atoms with E-state index in [2.05, 4.69) is 0 Å². The van der Waals surface area contributed by atoms with Gasteiger partial charge in [0.1, 0.15) is 0 Å². The number of rotatable bonds is 2. The number of halogens is 2. The standard InChI is InChI=1S/C13H13F2NO/c1-3-4-16-7-8(2)13(17)9-5-10(14)11(15)6-12(9)16/h5-7H,3-4H2,1-2H3. The highest BCUT2D eigenvalue weighted by molar-refractivity contribution is 5.79.